The summed E-state index contributed by atoms with van der Waals surface area (Å²) in [6, 6.07) is 6.70. The van der Waals surface area contributed by atoms with E-state index in [2.05, 4.69) is 36.8 Å². The summed E-state index contributed by atoms with van der Waals surface area (Å²) >= 11 is 6.69. The molecule has 1 aliphatic heterocycles. The van der Waals surface area contributed by atoms with Gasteiger partial charge in [-0.05, 0) is 50.1 Å². The first-order valence-electron chi connectivity index (χ1n) is 6.03. The number of aromatic nitrogens is 1. The highest BCUT2D eigenvalue weighted by molar-refractivity contribution is 9.11. The number of anilines is 1. The molecule has 1 aliphatic rings. The Morgan fingerprint density at radius 1 is 1.19 bits per heavy atom. The van der Waals surface area contributed by atoms with E-state index in [1.165, 1.54) is 0 Å². The van der Waals surface area contributed by atoms with Gasteiger partial charge in [-0.2, -0.15) is 0 Å². The number of nitrogen functional groups attached to an aromatic ring is 1. The van der Waals surface area contributed by atoms with Crippen LogP contribution >= 0.6 is 31.9 Å². The highest BCUT2D eigenvalue weighted by Crippen LogP contribution is 2.30. The molecule has 106 valence electrons. The molecule has 0 radical (unpaired) electrons. The molecule has 7 heteroatoms. The van der Waals surface area contributed by atoms with Crippen molar-refractivity contribution in [1.29, 1.82) is 0 Å². The third kappa shape index (κ3) is 2.36. The van der Waals surface area contributed by atoms with Crippen molar-refractivity contribution in [3.05, 3.63) is 56.2 Å². The molecule has 2 heterocycles. The summed E-state index contributed by atoms with van der Waals surface area (Å²) in [4.78, 5) is 30.1. The summed E-state index contributed by atoms with van der Waals surface area (Å²) in [5.41, 5.74) is 7.33. The minimum atomic E-state index is -0.385. The number of pyridine rings is 1. The lowest BCUT2D eigenvalue weighted by molar-refractivity contribution is 0.0640. The van der Waals surface area contributed by atoms with Gasteiger partial charge in [0, 0.05) is 20.8 Å². The van der Waals surface area contributed by atoms with Crippen molar-refractivity contribution < 1.29 is 9.59 Å². The lowest BCUT2D eigenvalue weighted by atomic mass is 10.1. The largest absolute Gasteiger partial charge is 0.398 e. The Bertz CT molecular complexity index is 777. The van der Waals surface area contributed by atoms with E-state index < -0.39 is 0 Å². The third-order valence-corrected chi connectivity index (χ3v) is 4.34. The number of halogens is 2. The molecule has 1 aromatic heterocycles. The van der Waals surface area contributed by atoms with Gasteiger partial charge in [0.25, 0.3) is 11.8 Å². The van der Waals surface area contributed by atoms with Gasteiger partial charge in [0.05, 0.1) is 23.4 Å². The topological polar surface area (TPSA) is 76.3 Å². The second-order valence-electron chi connectivity index (χ2n) is 4.55. The van der Waals surface area contributed by atoms with Crippen molar-refractivity contribution in [3.8, 4) is 0 Å². The van der Waals surface area contributed by atoms with Gasteiger partial charge in [0.1, 0.15) is 0 Å². The third-order valence-electron chi connectivity index (χ3n) is 3.22. The molecule has 0 unspecified atom stereocenters. The fourth-order valence-electron chi connectivity index (χ4n) is 2.21. The molecule has 0 spiro atoms. The number of nitrogens with two attached hydrogens (primary N) is 1. The smallest absolute Gasteiger partial charge is 0.264 e. The molecule has 0 aliphatic carbocycles. The molecule has 2 amide bonds. The number of carbonyl (C=O) groups is 2. The molecule has 2 N–H and O–H groups in total. The minimum Gasteiger partial charge on any atom is -0.398 e. The number of carbonyl (C=O) groups excluding carboxylic acids is 2. The highest BCUT2D eigenvalue weighted by Gasteiger charge is 2.37. The predicted octanol–water partition coefficient (Wildman–Crippen LogP) is 2.99. The van der Waals surface area contributed by atoms with Gasteiger partial charge in [-0.25, -0.2) is 0 Å². The SMILES string of the molecule is Nc1cccc2c1C(=O)N(Cc1ncc(Br)cc1Br)C2=O. The van der Waals surface area contributed by atoms with Crippen molar-refractivity contribution in [2.24, 2.45) is 0 Å². The lowest BCUT2D eigenvalue weighted by Crippen LogP contribution is -2.29. The van der Waals surface area contributed by atoms with E-state index in [0.717, 1.165) is 13.8 Å². The maximum absolute atomic E-state index is 12.4. The van der Waals surface area contributed by atoms with Gasteiger partial charge in [-0.15, -0.1) is 0 Å². The van der Waals surface area contributed by atoms with Crippen molar-refractivity contribution >= 4 is 49.4 Å². The molecule has 1 aromatic carbocycles. The molecule has 0 saturated carbocycles. The second-order valence-corrected chi connectivity index (χ2v) is 6.32. The number of hydrogen-bond donors (Lipinski definition) is 1. The van der Waals surface area contributed by atoms with E-state index in [9.17, 15) is 9.59 Å². The van der Waals surface area contributed by atoms with Gasteiger partial charge < -0.3 is 5.73 Å². The molecule has 0 saturated heterocycles. The number of hydrogen-bond acceptors (Lipinski definition) is 4. The predicted molar refractivity (Wildman–Crippen MR) is 84.7 cm³/mol. The Kier molecular flexibility index (Phi) is 3.54. The van der Waals surface area contributed by atoms with Crippen LogP contribution in [0.5, 0.6) is 0 Å². The van der Waals surface area contributed by atoms with Crippen LogP contribution in [0.25, 0.3) is 0 Å². The molecule has 0 atom stereocenters. The van der Waals surface area contributed by atoms with Crippen molar-refractivity contribution in [2.75, 3.05) is 5.73 Å². The van der Waals surface area contributed by atoms with Crippen molar-refractivity contribution in [3.63, 3.8) is 0 Å². The van der Waals surface area contributed by atoms with Crippen LogP contribution in [0.1, 0.15) is 26.4 Å². The van der Waals surface area contributed by atoms with Gasteiger partial charge in [-0.3, -0.25) is 19.5 Å². The standard InChI is InChI=1S/C14H9Br2N3O2/c15-7-4-9(16)11(18-5-7)6-19-13(20)8-2-1-3-10(17)12(8)14(19)21/h1-5H,6,17H2. The zero-order valence-corrected chi connectivity index (χ0v) is 13.8. The molecule has 0 fully saturated rings. The summed E-state index contributed by atoms with van der Waals surface area (Å²) < 4.78 is 1.53. The van der Waals surface area contributed by atoms with E-state index in [0.29, 0.717) is 16.9 Å². The van der Waals surface area contributed by atoms with E-state index in [4.69, 9.17) is 5.73 Å². The number of rotatable bonds is 2. The number of fused-ring (bicyclic) bond motifs is 1. The summed E-state index contributed by atoms with van der Waals surface area (Å²) in [7, 11) is 0. The molecular weight excluding hydrogens is 402 g/mol. The molecule has 21 heavy (non-hydrogen) atoms. The van der Waals surface area contributed by atoms with Gasteiger partial charge in [0.15, 0.2) is 0 Å². The Hall–Kier alpha value is -1.73. The molecule has 3 rings (SSSR count). The Labute approximate surface area is 137 Å². The summed E-state index contributed by atoms with van der Waals surface area (Å²) in [5.74, 6) is -0.733. The quantitative estimate of drug-likeness (QED) is 0.609. The average molecular weight is 411 g/mol. The van der Waals surface area contributed by atoms with E-state index in [1.807, 2.05) is 6.07 Å². The van der Waals surface area contributed by atoms with Gasteiger partial charge in [-0.1, -0.05) is 6.07 Å². The maximum atomic E-state index is 12.4. The maximum Gasteiger partial charge on any atom is 0.264 e. The van der Waals surface area contributed by atoms with Crippen LogP contribution < -0.4 is 5.73 Å². The zero-order valence-electron chi connectivity index (χ0n) is 10.6. The zero-order chi connectivity index (χ0) is 15.1. The fourth-order valence-corrected chi connectivity index (χ4v) is 3.33. The van der Waals surface area contributed by atoms with Gasteiger partial charge in [0.2, 0.25) is 0 Å². The van der Waals surface area contributed by atoms with Crippen LogP contribution in [0.2, 0.25) is 0 Å². The first-order valence-corrected chi connectivity index (χ1v) is 7.62. The van der Waals surface area contributed by atoms with Crippen LogP contribution in [0, 0.1) is 0 Å². The van der Waals surface area contributed by atoms with Crippen LogP contribution in [-0.4, -0.2) is 21.7 Å². The van der Waals surface area contributed by atoms with Crippen LogP contribution in [0.4, 0.5) is 5.69 Å². The normalized spacial score (nSPS) is 13.7. The monoisotopic (exact) mass is 409 g/mol. The van der Waals surface area contributed by atoms with Crippen LogP contribution in [0.15, 0.2) is 39.4 Å². The molecule has 2 aromatic rings. The van der Waals surface area contributed by atoms with Crippen molar-refractivity contribution in [1.82, 2.24) is 9.88 Å². The first-order chi connectivity index (χ1) is 9.99. The summed E-state index contributed by atoms with van der Waals surface area (Å²) in [6.07, 6.45) is 1.62. The first kappa shape index (κ1) is 14.2. The lowest BCUT2D eigenvalue weighted by Gasteiger charge is -2.14. The van der Waals surface area contributed by atoms with E-state index >= 15 is 0 Å². The Balaban J connectivity index is 1.97. The van der Waals surface area contributed by atoms with Crippen LogP contribution in [-0.2, 0) is 6.54 Å². The number of nitrogens with zero attached hydrogens (tertiary/aromatic N) is 2. The van der Waals surface area contributed by atoms with Crippen LogP contribution in [0.3, 0.4) is 0 Å². The number of imide groups is 1. The summed E-state index contributed by atoms with van der Waals surface area (Å²) in [6.45, 7) is 0.0969. The summed E-state index contributed by atoms with van der Waals surface area (Å²) in [5, 5.41) is 0. The minimum absolute atomic E-state index is 0.0969. The number of amides is 2. The molecule has 5 nitrogen and oxygen atoms in total. The Morgan fingerprint density at radius 2 is 1.95 bits per heavy atom. The second kappa shape index (κ2) is 5.23. The van der Waals surface area contributed by atoms with Crippen molar-refractivity contribution in [2.45, 2.75) is 6.54 Å². The molecular formula is C14H9Br2N3O2. The average Bonchev–Trinajstić information content (AvgIpc) is 2.68. The van der Waals surface area contributed by atoms with E-state index in [-0.39, 0.29) is 23.9 Å². The number of benzene rings is 1. The fraction of sp³-hybridized carbons (Fsp3) is 0.0714. The van der Waals surface area contributed by atoms with Gasteiger partial charge >= 0.3 is 0 Å². The molecule has 0 bridgehead atoms. The Morgan fingerprint density at radius 3 is 2.62 bits per heavy atom. The highest BCUT2D eigenvalue weighted by atomic mass is 79.9. The van der Waals surface area contributed by atoms with E-state index in [1.54, 1.807) is 24.4 Å².